The molecule has 3 rings (SSSR count). The summed E-state index contributed by atoms with van der Waals surface area (Å²) in [5, 5.41) is 3.46. The molecule has 1 amide bonds. The number of fused-ring (bicyclic) bond motifs is 3. The second-order valence-electron chi connectivity index (χ2n) is 4.89. The van der Waals surface area contributed by atoms with Gasteiger partial charge in [0.15, 0.2) is 0 Å². The molecule has 3 N–H and O–H groups in total. The van der Waals surface area contributed by atoms with Crippen LogP contribution in [-0.2, 0) is 11.2 Å². The van der Waals surface area contributed by atoms with Crippen LogP contribution in [-0.4, -0.2) is 12.5 Å². The van der Waals surface area contributed by atoms with E-state index >= 15 is 0 Å². The summed E-state index contributed by atoms with van der Waals surface area (Å²) in [6, 6.07) is 8.43. The standard InChI is InChI=1S/C13H16N2O/c14-12(16)13-6-3-7-15-11(13)10-5-2-1-4-9(10)8-13/h1-2,4-5,11,15H,3,6-8H2,(H2,14,16)/t11-,13-/m0/s1. The molecule has 3 nitrogen and oxygen atoms in total. The molecule has 1 saturated heterocycles. The molecule has 0 saturated carbocycles. The molecular formula is C13H16N2O. The SMILES string of the molecule is NC(=O)[C@]12CCCN[C@H]1c1ccccc1C2. The topological polar surface area (TPSA) is 55.1 Å². The Hall–Kier alpha value is -1.35. The summed E-state index contributed by atoms with van der Waals surface area (Å²) in [5.41, 5.74) is 7.81. The number of primary amides is 1. The molecule has 0 bridgehead atoms. The Kier molecular flexibility index (Phi) is 2.04. The third-order valence-electron chi connectivity index (χ3n) is 4.06. The zero-order valence-electron chi connectivity index (χ0n) is 9.20. The Balaban J connectivity index is 2.11. The van der Waals surface area contributed by atoms with Crippen molar-refractivity contribution in [2.75, 3.05) is 6.54 Å². The van der Waals surface area contributed by atoms with E-state index in [9.17, 15) is 4.79 Å². The van der Waals surface area contributed by atoms with Crippen LogP contribution in [0.2, 0.25) is 0 Å². The number of nitrogens with one attached hydrogen (secondary N) is 1. The predicted molar refractivity (Wildman–Crippen MR) is 61.8 cm³/mol. The van der Waals surface area contributed by atoms with E-state index in [-0.39, 0.29) is 17.4 Å². The largest absolute Gasteiger partial charge is 0.369 e. The first-order valence-electron chi connectivity index (χ1n) is 5.85. The number of rotatable bonds is 1. The van der Waals surface area contributed by atoms with Gasteiger partial charge in [0, 0.05) is 6.04 Å². The Morgan fingerprint density at radius 1 is 1.44 bits per heavy atom. The van der Waals surface area contributed by atoms with Gasteiger partial charge in [0.05, 0.1) is 5.41 Å². The third-order valence-corrected chi connectivity index (χ3v) is 4.06. The number of carbonyl (C=O) groups excluding carboxylic acids is 1. The van der Waals surface area contributed by atoms with Crippen molar-refractivity contribution in [3.8, 4) is 0 Å². The van der Waals surface area contributed by atoms with Gasteiger partial charge in [-0.3, -0.25) is 4.79 Å². The molecule has 3 heteroatoms. The third kappa shape index (κ3) is 1.15. The van der Waals surface area contributed by atoms with Crippen LogP contribution in [0.1, 0.15) is 30.0 Å². The number of benzene rings is 1. The first-order chi connectivity index (χ1) is 7.74. The van der Waals surface area contributed by atoms with Crippen LogP contribution in [0.3, 0.4) is 0 Å². The van der Waals surface area contributed by atoms with Gasteiger partial charge in [-0.2, -0.15) is 0 Å². The average Bonchev–Trinajstić information content (AvgIpc) is 2.64. The fourth-order valence-electron chi connectivity index (χ4n) is 3.26. The van der Waals surface area contributed by atoms with Gasteiger partial charge < -0.3 is 11.1 Å². The molecule has 1 aromatic carbocycles. The van der Waals surface area contributed by atoms with Crippen molar-refractivity contribution < 1.29 is 4.79 Å². The van der Waals surface area contributed by atoms with Gasteiger partial charge in [-0.15, -0.1) is 0 Å². The summed E-state index contributed by atoms with van der Waals surface area (Å²) >= 11 is 0. The lowest BCUT2D eigenvalue weighted by molar-refractivity contribution is -0.130. The molecule has 1 fully saturated rings. The summed E-state index contributed by atoms with van der Waals surface area (Å²) in [4.78, 5) is 11.8. The van der Waals surface area contributed by atoms with E-state index in [1.807, 2.05) is 12.1 Å². The summed E-state index contributed by atoms with van der Waals surface area (Å²) in [6.07, 6.45) is 2.75. The number of piperidine rings is 1. The van der Waals surface area contributed by atoms with Crippen LogP contribution in [0, 0.1) is 5.41 Å². The summed E-state index contributed by atoms with van der Waals surface area (Å²) < 4.78 is 0. The first-order valence-corrected chi connectivity index (χ1v) is 5.85. The van der Waals surface area contributed by atoms with Crippen molar-refractivity contribution in [2.24, 2.45) is 11.1 Å². The van der Waals surface area contributed by atoms with E-state index in [1.165, 1.54) is 11.1 Å². The highest BCUT2D eigenvalue weighted by Crippen LogP contribution is 2.50. The van der Waals surface area contributed by atoms with Crippen LogP contribution in [0.5, 0.6) is 0 Å². The zero-order valence-corrected chi connectivity index (χ0v) is 9.20. The molecule has 84 valence electrons. The van der Waals surface area contributed by atoms with E-state index in [0.29, 0.717) is 0 Å². The Morgan fingerprint density at radius 2 is 2.25 bits per heavy atom. The molecule has 1 heterocycles. The van der Waals surface area contributed by atoms with Gasteiger partial charge in [0.2, 0.25) is 5.91 Å². The summed E-state index contributed by atoms with van der Waals surface area (Å²) in [7, 11) is 0. The highest BCUT2D eigenvalue weighted by Gasteiger charge is 2.51. The molecule has 0 radical (unpaired) electrons. The van der Waals surface area contributed by atoms with Gasteiger partial charge >= 0.3 is 0 Å². The van der Waals surface area contributed by atoms with Crippen molar-refractivity contribution >= 4 is 5.91 Å². The normalized spacial score (nSPS) is 31.9. The van der Waals surface area contributed by atoms with Crippen molar-refractivity contribution in [3.63, 3.8) is 0 Å². The zero-order chi connectivity index (χ0) is 11.2. The number of amides is 1. The minimum absolute atomic E-state index is 0.134. The van der Waals surface area contributed by atoms with Crippen LogP contribution in [0.15, 0.2) is 24.3 Å². The number of carbonyl (C=O) groups is 1. The predicted octanol–water partition coefficient (Wildman–Crippen LogP) is 1.14. The monoisotopic (exact) mass is 216 g/mol. The van der Waals surface area contributed by atoms with E-state index in [1.54, 1.807) is 0 Å². The number of hydrogen-bond donors (Lipinski definition) is 2. The quantitative estimate of drug-likeness (QED) is 0.739. The van der Waals surface area contributed by atoms with Crippen LogP contribution < -0.4 is 11.1 Å². The maximum atomic E-state index is 11.8. The number of hydrogen-bond acceptors (Lipinski definition) is 2. The maximum absolute atomic E-state index is 11.8. The molecule has 2 aliphatic rings. The van der Waals surface area contributed by atoms with Crippen LogP contribution in [0.4, 0.5) is 0 Å². The minimum Gasteiger partial charge on any atom is -0.369 e. The van der Waals surface area contributed by atoms with E-state index in [4.69, 9.17) is 5.73 Å². The highest BCUT2D eigenvalue weighted by molar-refractivity contribution is 5.84. The Labute approximate surface area is 95.0 Å². The second kappa shape index (κ2) is 3.32. The van der Waals surface area contributed by atoms with Gasteiger partial charge in [0.1, 0.15) is 0 Å². The smallest absolute Gasteiger partial charge is 0.225 e. The van der Waals surface area contributed by atoms with Crippen molar-refractivity contribution in [1.82, 2.24) is 5.32 Å². The fraction of sp³-hybridized carbons (Fsp3) is 0.462. The van der Waals surface area contributed by atoms with Gasteiger partial charge in [0.25, 0.3) is 0 Å². The summed E-state index contributed by atoms with van der Waals surface area (Å²) in [5.74, 6) is -0.152. The van der Waals surface area contributed by atoms with Gasteiger partial charge in [-0.05, 0) is 36.9 Å². The van der Waals surface area contributed by atoms with Crippen LogP contribution >= 0.6 is 0 Å². The van der Waals surface area contributed by atoms with Gasteiger partial charge in [-0.1, -0.05) is 24.3 Å². The van der Waals surface area contributed by atoms with Crippen molar-refractivity contribution in [3.05, 3.63) is 35.4 Å². The molecule has 16 heavy (non-hydrogen) atoms. The van der Waals surface area contributed by atoms with E-state index in [2.05, 4.69) is 17.4 Å². The minimum atomic E-state index is -0.373. The van der Waals surface area contributed by atoms with Gasteiger partial charge in [-0.25, -0.2) is 0 Å². The molecule has 1 aliphatic heterocycles. The average molecular weight is 216 g/mol. The lowest BCUT2D eigenvalue weighted by Gasteiger charge is -2.37. The second-order valence-corrected chi connectivity index (χ2v) is 4.89. The molecule has 1 aliphatic carbocycles. The fourth-order valence-corrected chi connectivity index (χ4v) is 3.26. The molecule has 1 aromatic rings. The molecule has 0 unspecified atom stereocenters. The lowest BCUT2D eigenvalue weighted by Crippen LogP contribution is -2.49. The molecular weight excluding hydrogens is 200 g/mol. The maximum Gasteiger partial charge on any atom is 0.225 e. The Morgan fingerprint density at radius 3 is 3.06 bits per heavy atom. The van der Waals surface area contributed by atoms with E-state index in [0.717, 1.165) is 25.8 Å². The van der Waals surface area contributed by atoms with Crippen LogP contribution in [0.25, 0.3) is 0 Å². The van der Waals surface area contributed by atoms with E-state index < -0.39 is 0 Å². The Bertz CT molecular complexity index is 443. The van der Waals surface area contributed by atoms with Crippen molar-refractivity contribution in [1.29, 1.82) is 0 Å². The first kappa shape index (κ1) is 9.85. The summed E-state index contributed by atoms with van der Waals surface area (Å²) in [6.45, 7) is 0.980. The molecule has 0 spiro atoms. The van der Waals surface area contributed by atoms with Crippen molar-refractivity contribution in [2.45, 2.75) is 25.3 Å². The molecule has 2 atom stereocenters. The highest BCUT2D eigenvalue weighted by atomic mass is 16.1. The lowest BCUT2D eigenvalue weighted by atomic mass is 9.74. The number of nitrogens with two attached hydrogens (primary N) is 1. The molecule has 0 aromatic heterocycles.